The Kier molecular flexibility index (Phi) is 11.8. The van der Waals surface area contributed by atoms with Gasteiger partial charge in [0.1, 0.15) is 11.6 Å². The van der Waals surface area contributed by atoms with Gasteiger partial charge >= 0.3 is 0 Å². The number of aliphatic imine (C=N–C) groups is 1. The van der Waals surface area contributed by atoms with E-state index < -0.39 is 5.82 Å². The first-order valence-electron chi connectivity index (χ1n) is 13.1. The number of nitrogens with zero attached hydrogens (tertiary/aromatic N) is 3. The summed E-state index contributed by atoms with van der Waals surface area (Å²) in [5, 5.41) is 0. The largest absolute Gasteiger partial charge is 0.425 e. The van der Waals surface area contributed by atoms with E-state index in [1.54, 1.807) is 67.5 Å². The van der Waals surface area contributed by atoms with Crippen LogP contribution in [0.25, 0.3) is 11.1 Å². The lowest BCUT2D eigenvalue weighted by Gasteiger charge is -2.21. The minimum Gasteiger partial charge on any atom is -0.425 e. The lowest BCUT2D eigenvalue weighted by Crippen LogP contribution is -2.33. The molecule has 8 nitrogen and oxygen atoms in total. The monoisotopic (exact) mass is 552 g/mol. The van der Waals surface area contributed by atoms with Crippen molar-refractivity contribution in [1.29, 1.82) is 0 Å². The molecule has 0 atom stereocenters. The van der Waals surface area contributed by atoms with E-state index in [1.807, 2.05) is 26.8 Å². The molecule has 0 spiro atoms. The van der Waals surface area contributed by atoms with Gasteiger partial charge in [0.2, 0.25) is 5.91 Å². The van der Waals surface area contributed by atoms with Gasteiger partial charge in [-0.2, -0.15) is 4.99 Å². The number of benzene rings is 3. The maximum Gasteiger partial charge on any atom is 0.292 e. The molecule has 3 rings (SSSR count). The van der Waals surface area contributed by atoms with Gasteiger partial charge in [-0.25, -0.2) is 4.39 Å². The van der Waals surface area contributed by atoms with E-state index in [0.29, 0.717) is 46.8 Å². The Bertz CT molecular complexity index is 1360. The highest BCUT2D eigenvalue weighted by molar-refractivity contribution is 5.95. The second kappa shape index (κ2) is 14.8. The van der Waals surface area contributed by atoms with Crippen LogP contribution in [0.2, 0.25) is 0 Å². The SMILES string of the molecule is CCCN(CCC)C(=O)Cc1ccc(-c2ccccc2OC(N)=Nc2ccc(C(=O)N(C)C)c(C)c2)cc1F.O.[HH]. The first-order valence-corrected chi connectivity index (χ1v) is 13.1. The van der Waals surface area contributed by atoms with Gasteiger partial charge in [0.15, 0.2) is 0 Å². The molecule has 4 N–H and O–H groups in total. The number of rotatable bonds is 10. The zero-order valence-corrected chi connectivity index (χ0v) is 23.8. The number of hydrogen-bond acceptors (Lipinski definition) is 4. The van der Waals surface area contributed by atoms with Gasteiger partial charge in [-0.05, 0) is 66.8 Å². The van der Waals surface area contributed by atoms with Gasteiger partial charge in [-0.15, -0.1) is 0 Å². The molecule has 0 aliphatic heterocycles. The van der Waals surface area contributed by atoms with Gasteiger partial charge in [-0.1, -0.05) is 44.2 Å². The summed E-state index contributed by atoms with van der Waals surface area (Å²) in [5.74, 6) is -0.210. The number of hydrogen-bond donors (Lipinski definition) is 1. The van der Waals surface area contributed by atoms with Crippen LogP contribution in [0.5, 0.6) is 5.75 Å². The van der Waals surface area contributed by atoms with Crippen molar-refractivity contribution in [2.75, 3.05) is 27.2 Å². The van der Waals surface area contributed by atoms with Crippen LogP contribution in [0, 0.1) is 12.7 Å². The molecule has 0 heterocycles. The molecule has 0 saturated carbocycles. The molecule has 0 aromatic heterocycles. The number of ether oxygens (including phenoxy) is 1. The van der Waals surface area contributed by atoms with Crippen LogP contribution in [-0.2, 0) is 11.2 Å². The smallest absolute Gasteiger partial charge is 0.292 e. The van der Waals surface area contributed by atoms with Crippen LogP contribution in [0.15, 0.2) is 65.7 Å². The summed E-state index contributed by atoms with van der Waals surface area (Å²) in [4.78, 5) is 32.6. The average Bonchev–Trinajstić information content (AvgIpc) is 2.89. The number of amides is 2. The average molecular weight is 553 g/mol. The minimum atomic E-state index is -0.451. The van der Waals surface area contributed by atoms with Crippen LogP contribution >= 0.6 is 0 Å². The maximum atomic E-state index is 15.1. The first-order chi connectivity index (χ1) is 18.6. The summed E-state index contributed by atoms with van der Waals surface area (Å²) < 4.78 is 21.0. The molecule has 3 aromatic carbocycles. The summed E-state index contributed by atoms with van der Waals surface area (Å²) in [7, 11) is 3.40. The van der Waals surface area contributed by atoms with E-state index in [4.69, 9.17) is 10.5 Å². The lowest BCUT2D eigenvalue weighted by atomic mass is 10.0. The van der Waals surface area contributed by atoms with E-state index in [9.17, 15) is 9.59 Å². The predicted molar refractivity (Wildman–Crippen MR) is 160 cm³/mol. The highest BCUT2D eigenvalue weighted by atomic mass is 19.1. The van der Waals surface area contributed by atoms with E-state index in [-0.39, 0.29) is 31.2 Å². The van der Waals surface area contributed by atoms with E-state index >= 15 is 4.39 Å². The summed E-state index contributed by atoms with van der Waals surface area (Å²) in [5.41, 5.74) is 9.57. The Hall–Kier alpha value is -4.24. The number of halogens is 1. The molecule has 40 heavy (non-hydrogen) atoms. The second-order valence-corrected chi connectivity index (χ2v) is 9.61. The van der Waals surface area contributed by atoms with Gasteiger partial charge in [0.25, 0.3) is 11.9 Å². The molecule has 0 saturated heterocycles. The third-order valence-electron chi connectivity index (χ3n) is 6.23. The highest BCUT2D eigenvalue weighted by Crippen LogP contribution is 2.31. The molecule has 0 radical (unpaired) electrons. The zero-order valence-electron chi connectivity index (χ0n) is 23.8. The van der Waals surface area contributed by atoms with Crippen molar-refractivity contribution in [3.05, 3.63) is 83.2 Å². The Balaban J connectivity index is 0.00000420. The fourth-order valence-electron chi connectivity index (χ4n) is 4.29. The van der Waals surface area contributed by atoms with Crippen molar-refractivity contribution in [2.45, 2.75) is 40.0 Å². The molecule has 2 amide bonds. The molecule has 0 unspecified atom stereocenters. The van der Waals surface area contributed by atoms with Crippen molar-refractivity contribution in [3.8, 4) is 16.9 Å². The summed E-state index contributed by atoms with van der Waals surface area (Å²) in [6, 6.07) is 17.0. The second-order valence-electron chi connectivity index (χ2n) is 9.61. The number of carbonyl (C=O) groups excluding carboxylic acids is 2. The topological polar surface area (TPSA) is 120 Å². The number of para-hydroxylation sites is 1. The van der Waals surface area contributed by atoms with Crippen molar-refractivity contribution < 1.29 is 25.6 Å². The lowest BCUT2D eigenvalue weighted by molar-refractivity contribution is -0.130. The van der Waals surface area contributed by atoms with Gasteiger partial charge in [-0.3, -0.25) is 9.59 Å². The number of aryl methyl sites for hydroxylation is 1. The predicted octanol–water partition coefficient (Wildman–Crippen LogP) is 5.14. The van der Waals surface area contributed by atoms with Crippen LogP contribution in [0.3, 0.4) is 0 Å². The minimum absolute atomic E-state index is 0. The van der Waals surface area contributed by atoms with Crippen molar-refractivity contribution in [2.24, 2.45) is 10.7 Å². The molecule has 3 aromatic rings. The molecule has 0 aliphatic rings. The number of amidine groups is 1. The third kappa shape index (κ3) is 8.13. The van der Waals surface area contributed by atoms with Gasteiger partial charge in [0.05, 0.1) is 12.1 Å². The fraction of sp³-hybridized carbons (Fsp3) is 0.323. The Morgan fingerprint density at radius 3 is 2.27 bits per heavy atom. The quantitative estimate of drug-likeness (QED) is 0.277. The van der Waals surface area contributed by atoms with E-state index in [1.165, 1.54) is 11.0 Å². The third-order valence-corrected chi connectivity index (χ3v) is 6.23. The maximum absolute atomic E-state index is 15.1. The van der Waals surface area contributed by atoms with E-state index in [0.717, 1.165) is 18.4 Å². The van der Waals surface area contributed by atoms with Crippen molar-refractivity contribution in [1.82, 2.24) is 9.80 Å². The molecule has 0 bridgehead atoms. The molecular formula is C31H41FN4O4. The van der Waals surface area contributed by atoms with Crippen LogP contribution in [0.4, 0.5) is 10.1 Å². The fourth-order valence-corrected chi connectivity index (χ4v) is 4.29. The van der Waals surface area contributed by atoms with E-state index in [2.05, 4.69) is 4.99 Å². The van der Waals surface area contributed by atoms with Crippen molar-refractivity contribution >= 4 is 23.5 Å². The molecule has 0 fully saturated rings. The normalized spacial score (nSPS) is 11.0. The zero-order chi connectivity index (χ0) is 28.5. The molecule has 216 valence electrons. The Morgan fingerprint density at radius 2 is 1.68 bits per heavy atom. The first kappa shape index (κ1) is 32.0. The van der Waals surface area contributed by atoms with Crippen LogP contribution in [-0.4, -0.2) is 60.3 Å². The molecular weight excluding hydrogens is 511 g/mol. The highest BCUT2D eigenvalue weighted by Gasteiger charge is 2.17. The van der Waals surface area contributed by atoms with Crippen LogP contribution in [0.1, 0.15) is 49.6 Å². The van der Waals surface area contributed by atoms with Gasteiger partial charge in [0, 0.05) is 39.7 Å². The Labute approximate surface area is 237 Å². The molecule has 9 heteroatoms. The standard InChI is InChI=1S/C31H37FN4O3.H2O.H2/c1-6-16-36(17-7-2)29(37)20-23-13-12-22(19-27(23)32)26-10-8-9-11-28(26)39-31(33)34-24-14-15-25(21(3)18-24)30(38)35(4)5;;/h8-15,18-19H,6-7,16-17,20H2,1-5H3,(H2,33,34);1H2;1H. The van der Waals surface area contributed by atoms with Gasteiger partial charge < -0.3 is 25.7 Å². The molecule has 0 aliphatic carbocycles. The van der Waals surface area contributed by atoms with Crippen molar-refractivity contribution in [3.63, 3.8) is 0 Å². The summed E-state index contributed by atoms with van der Waals surface area (Å²) in [6.45, 7) is 7.20. The summed E-state index contributed by atoms with van der Waals surface area (Å²) in [6.07, 6.45) is 1.73. The van der Waals surface area contributed by atoms with Crippen LogP contribution < -0.4 is 10.5 Å². The Morgan fingerprint density at radius 1 is 1.00 bits per heavy atom. The number of nitrogens with two attached hydrogens (primary N) is 1. The summed E-state index contributed by atoms with van der Waals surface area (Å²) >= 11 is 0. The number of carbonyl (C=O) groups is 2.